The molecule has 1 rings (SSSR count). The van der Waals surface area contributed by atoms with E-state index in [0.717, 1.165) is 5.06 Å². The predicted octanol–water partition coefficient (Wildman–Crippen LogP) is -0.186. The van der Waals surface area contributed by atoms with Crippen LogP contribution >= 0.6 is 0 Å². The van der Waals surface area contributed by atoms with Crippen LogP contribution in [-0.4, -0.2) is 36.0 Å². The summed E-state index contributed by atoms with van der Waals surface area (Å²) >= 11 is 0. The number of carbonyl (C=O) groups is 2. The molecule has 0 radical (unpaired) electrons. The lowest BCUT2D eigenvalue weighted by atomic mass is 10.2. The number of hydrogen-bond donors (Lipinski definition) is 1. The van der Waals surface area contributed by atoms with Gasteiger partial charge in [-0.05, 0) is 12.1 Å². The highest BCUT2D eigenvalue weighted by Crippen LogP contribution is 2.07. The normalized spacial score (nSPS) is 9.73. The van der Waals surface area contributed by atoms with Crippen LogP contribution in [0.3, 0.4) is 0 Å². The molecule has 0 saturated carbocycles. The monoisotopic (exact) mass is 209 g/mol. The molecule has 2 N–H and O–H groups in total. The Kier molecular flexibility index (Phi) is 3.35. The van der Waals surface area contributed by atoms with Crippen molar-refractivity contribution < 1.29 is 14.4 Å². The number of carbonyl (C=O) groups excluding carboxylic acids is 2. The largest absolute Gasteiger partial charge is 0.366 e. The zero-order valence-electron chi connectivity index (χ0n) is 8.43. The Morgan fingerprint density at radius 1 is 1.53 bits per heavy atom. The highest BCUT2D eigenvalue weighted by atomic mass is 16.7. The first-order chi connectivity index (χ1) is 7.07. The van der Waals surface area contributed by atoms with E-state index in [1.165, 1.54) is 32.5 Å². The van der Waals surface area contributed by atoms with Crippen molar-refractivity contribution in [1.29, 1.82) is 0 Å². The molecule has 0 aliphatic rings. The van der Waals surface area contributed by atoms with Gasteiger partial charge in [0.25, 0.3) is 11.8 Å². The van der Waals surface area contributed by atoms with Gasteiger partial charge in [0, 0.05) is 13.2 Å². The molecule has 0 spiro atoms. The van der Waals surface area contributed by atoms with Crippen LogP contribution in [0.15, 0.2) is 18.3 Å². The fourth-order valence-electron chi connectivity index (χ4n) is 1.01. The molecule has 6 nitrogen and oxygen atoms in total. The van der Waals surface area contributed by atoms with E-state index in [0.29, 0.717) is 0 Å². The number of hydrogen-bond acceptors (Lipinski definition) is 4. The number of primary amides is 1. The second kappa shape index (κ2) is 4.52. The van der Waals surface area contributed by atoms with Crippen molar-refractivity contribution >= 4 is 11.8 Å². The van der Waals surface area contributed by atoms with Gasteiger partial charge in [-0.3, -0.25) is 19.4 Å². The van der Waals surface area contributed by atoms with Gasteiger partial charge in [-0.25, -0.2) is 5.06 Å². The first-order valence-electron chi connectivity index (χ1n) is 4.15. The average molecular weight is 209 g/mol. The van der Waals surface area contributed by atoms with Crippen molar-refractivity contribution in [3.63, 3.8) is 0 Å². The highest BCUT2D eigenvalue weighted by molar-refractivity contribution is 6.04. The third kappa shape index (κ3) is 2.29. The minimum Gasteiger partial charge on any atom is -0.366 e. The SMILES string of the molecule is CON(C)C(=O)c1ncccc1C(N)=O. The number of aromatic nitrogens is 1. The Morgan fingerprint density at radius 2 is 2.20 bits per heavy atom. The van der Waals surface area contributed by atoms with Crippen LogP contribution in [0, 0.1) is 0 Å². The second-order valence-corrected chi connectivity index (χ2v) is 2.75. The molecule has 0 aliphatic carbocycles. The van der Waals surface area contributed by atoms with E-state index in [4.69, 9.17) is 10.6 Å². The van der Waals surface area contributed by atoms with Crippen molar-refractivity contribution in [1.82, 2.24) is 10.0 Å². The van der Waals surface area contributed by atoms with Gasteiger partial charge in [-0.15, -0.1) is 0 Å². The molecule has 0 fully saturated rings. The van der Waals surface area contributed by atoms with Gasteiger partial charge in [-0.1, -0.05) is 0 Å². The van der Waals surface area contributed by atoms with Crippen LogP contribution in [0.2, 0.25) is 0 Å². The molecule has 0 aromatic carbocycles. The summed E-state index contributed by atoms with van der Waals surface area (Å²) < 4.78 is 0. The average Bonchev–Trinajstić information content (AvgIpc) is 2.27. The molecule has 6 heteroatoms. The Hall–Kier alpha value is -1.95. The summed E-state index contributed by atoms with van der Waals surface area (Å²) in [6.07, 6.45) is 1.41. The number of pyridine rings is 1. The van der Waals surface area contributed by atoms with Crippen LogP contribution < -0.4 is 5.73 Å². The summed E-state index contributed by atoms with van der Waals surface area (Å²) in [5.74, 6) is -1.22. The van der Waals surface area contributed by atoms with Crippen molar-refractivity contribution in [3.8, 4) is 0 Å². The maximum atomic E-state index is 11.6. The summed E-state index contributed by atoms with van der Waals surface area (Å²) in [5.41, 5.74) is 5.16. The van der Waals surface area contributed by atoms with Crippen LogP contribution in [0.1, 0.15) is 20.8 Å². The number of hydroxylamine groups is 2. The Morgan fingerprint density at radius 3 is 2.73 bits per heavy atom. The van der Waals surface area contributed by atoms with Gasteiger partial charge >= 0.3 is 0 Å². The van der Waals surface area contributed by atoms with Gasteiger partial charge in [-0.2, -0.15) is 0 Å². The molecular formula is C9H11N3O3. The first kappa shape index (κ1) is 11.1. The summed E-state index contributed by atoms with van der Waals surface area (Å²) in [6.45, 7) is 0. The predicted molar refractivity (Wildman–Crippen MR) is 51.9 cm³/mol. The third-order valence-corrected chi connectivity index (χ3v) is 1.84. The Bertz CT molecular complexity index is 392. The van der Waals surface area contributed by atoms with Crippen LogP contribution in [-0.2, 0) is 4.84 Å². The molecule has 0 unspecified atom stereocenters. The standard InChI is InChI=1S/C9H11N3O3/c1-12(15-2)9(14)7-6(8(10)13)4-3-5-11-7/h3-5H,1-2H3,(H2,10,13). The number of amides is 2. The van der Waals surface area contributed by atoms with E-state index in [2.05, 4.69) is 4.98 Å². The summed E-state index contributed by atoms with van der Waals surface area (Å²) in [4.78, 5) is 31.1. The highest BCUT2D eigenvalue weighted by Gasteiger charge is 2.19. The van der Waals surface area contributed by atoms with Gasteiger partial charge in [0.15, 0.2) is 0 Å². The molecule has 0 atom stereocenters. The maximum Gasteiger partial charge on any atom is 0.296 e. The Labute approximate surface area is 86.6 Å². The lowest BCUT2D eigenvalue weighted by molar-refractivity contribution is -0.0760. The van der Waals surface area contributed by atoms with E-state index >= 15 is 0 Å². The zero-order chi connectivity index (χ0) is 11.4. The quantitative estimate of drug-likeness (QED) is 0.699. The van der Waals surface area contributed by atoms with E-state index in [1.54, 1.807) is 0 Å². The van der Waals surface area contributed by atoms with E-state index in [9.17, 15) is 9.59 Å². The number of nitrogens with zero attached hydrogens (tertiary/aromatic N) is 2. The lowest BCUT2D eigenvalue weighted by Gasteiger charge is -2.13. The second-order valence-electron chi connectivity index (χ2n) is 2.75. The van der Waals surface area contributed by atoms with E-state index in [-0.39, 0.29) is 11.3 Å². The third-order valence-electron chi connectivity index (χ3n) is 1.84. The van der Waals surface area contributed by atoms with E-state index in [1.807, 2.05) is 0 Å². The van der Waals surface area contributed by atoms with Gasteiger partial charge in [0.2, 0.25) is 0 Å². The molecule has 1 aromatic heterocycles. The molecule has 0 aliphatic heterocycles. The molecule has 2 amide bonds. The minimum absolute atomic E-state index is 0.0191. The van der Waals surface area contributed by atoms with Crippen molar-refractivity contribution in [3.05, 3.63) is 29.6 Å². The fourth-order valence-corrected chi connectivity index (χ4v) is 1.01. The van der Waals surface area contributed by atoms with Gasteiger partial charge in [0.05, 0.1) is 12.7 Å². The molecule has 80 valence electrons. The fraction of sp³-hybridized carbons (Fsp3) is 0.222. The maximum absolute atomic E-state index is 11.6. The van der Waals surface area contributed by atoms with Crippen LogP contribution in [0.4, 0.5) is 0 Å². The van der Waals surface area contributed by atoms with Crippen LogP contribution in [0.5, 0.6) is 0 Å². The molecule has 15 heavy (non-hydrogen) atoms. The lowest BCUT2D eigenvalue weighted by Crippen LogP contribution is -2.29. The van der Waals surface area contributed by atoms with Crippen molar-refractivity contribution in [2.75, 3.05) is 14.2 Å². The topological polar surface area (TPSA) is 85.5 Å². The first-order valence-corrected chi connectivity index (χ1v) is 4.15. The summed E-state index contributed by atoms with van der Waals surface area (Å²) in [6, 6.07) is 2.97. The summed E-state index contributed by atoms with van der Waals surface area (Å²) in [5, 5.41) is 0.967. The van der Waals surface area contributed by atoms with E-state index < -0.39 is 11.8 Å². The molecule has 1 heterocycles. The molecule has 1 aromatic rings. The number of rotatable bonds is 3. The number of nitrogens with two attached hydrogens (primary N) is 1. The van der Waals surface area contributed by atoms with Gasteiger partial charge in [0.1, 0.15) is 5.69 Å². The smallest absolute Gasteiger partial charge is 0.296 e. The van der Waals surface area contributed by atoms with Crippen molar-refractivity contribution in [2.24, 2.45) is 5.73 Å². The molecular weight excluding hydrogens is 198 g/mol. The zero-order valence-corrected chi connectivity index (χ0v) is 8.43. The van der Waals surface area contributed by atoms with Crippen molar-refractivity contribution in [2.45, 2.75) is 0 Å². The molecule has 0 bridgehead atoms. The summed E-state index contributed by atoms with van der Waals surface area (Å²) in [7, 11) is 2.76. The van der Waals surface area contributed by atoms with Crippen LogP contribution in [0.25, 0.3) is 0 Å². The molecule has 0 saturated heterocycles. The van der Waals surface area contributed by atoms with Gasteiger partial charge < -0.3 is 5.73 Å². The minimum atomic E-state index is -0.698. The Balaban J connectivity index is 3.13.